The van der Waals surface area contributed by atoms with Crippen molar-refractivity contribution in [2.75, 3.05) is 20.8 Å². The van der Waals surface area contributed by atoms with E-state index in [1.807, 2.05) is 0 Å². The van der Waals surface area contributed by atoms with Gasteiger partial charge in [0.2, 0.25) is 11.6 Å². The van der Waals surface area contributed by atoms with Gasteiger partial charge in [-0.2, -0.15) is 0 Å². The fourth-order valence-corrected chi connectivity index (χ4v) is 3.28. The number of Topliss-reactive ketones (excluding diaryl/α,β-unsaturated/α-hetero) is 2. The third-order valence-electron chi connectivity index (χ3n) is 4.87. The number of benzene rings is 2. The number of aliphatic hydroxyl groups excluding tert-OH is 1. The number of allylic oxidation sites excluding steroid dienone is 1. The fraction of sp³-hybridized carbons (Fsp3) is 0.261. The van der Waals surface area contributed by atoms with Crippen LogP contribution in [0.5, 0.6) is 11.5 Å². The van der Waals surface area contributed by atoms with E-state index in [0.717, 1.165) is 0 Å². The Morgan fingerprint density at radius 3 is 2.37 bits per heavy atom. The summed E-state index contributed by atoms with van der Waals surface area (Å²) in [6.45, 7) is 1.74. The molecule has 156 valence electrons. The lowest BCUT2D eigenvalue weighted by Crippen LogP contribution is -2.26. The predicted molar refractivity (Wildman–Crippen MR) is 109 cm³/mol. The number of rotatable bonds is 7. The van der Waals surface area contributed by atoms with Crippen LogP contribution in [0, 0.1) is 5.92 Å². The maximum Gasteiger partial charge on any atom is 0.342 e. The second-order valence-electron chi connectivity index (χ2n) is 7.00. The van der Waals surface area contributed by atoms with Crippen LogP contribution >= 0.6 is 0 Å². The van der Waals surface area contributed by atoms with E-state index in [0.29, 0.717) is 17.1 Å². The highest BCUT2D eigenvalue weighted by atomic mass is 16.5. The van der Waals surface area contributed by atoms with Crippen molar-refractivity contribution in [3.8, 4) is 11.5 Å². The van der Waals surface area contributed by atoms with Crippen molar-refractivity contribution in [1.82, 2.24) is 0 Å². The van der Waals surface area contributed by atoms with Gasteiger partial charge in [-0.3, -0.25) is 9.59 Å². The van der Waals surface area contributed by atoms with Gasteiger partial charge >= 0.3 is 5.97 Å². The highest BCUT2D eigenvalue weighted by Crippen LogP contribution is 2.31. The molecule has 7 nitrogen and oxygen atoms in total. The van der Waals surface area contributed by atoms with Gasteiger partial charge in [-0.1, -0.05) is 31.2 Å². The van der Waals surface area contributed by atoms with Gasteiger partial charge in [-0.15, -0.1) is 0 Å². The number of hydrogen-bond donors (Lipinski definition) is 1. The van der Waals surface area contributed by atoms with Gasteiger partial charge < -0.3 is 19.3 Å². The summed E-state index contributed by atoms with van der Waals surface area (Å²) in [4.78, 5) is 37.3. The summed E-state index contributed by atoms with van der Waals surface area (Å²) in [6.07, 6.45) is 0.0905. The van der Waals surface area contributed by atoms with Crippen LogP contribution in [-0.4, -0.2) is 43.5 Å². The van der Waals surface area contributed by atoms with Gasteiger partial charge in [-0.25, -0.2) is 4.79 Å². The Morgan fingerprint density at radius 1 is 1.00 bits per heavy atom. The maximum absolute atomic E-state index is 12.5. The van der Waals surface area contributed by atoms with Crippen molar-refractivity contribution in [3.63, 3.8) is 0 Å². The minimum Gasteiger partial charge on any atom is -0.507 e. The molecule has 30 heavy (non-hydrogen) atoms. The molecule has 0 aliphatic heterocycles. The molecule has 0 bridgehead atoms. The molecule has 1 aliphatic rings. The number of esters is 1. The molecule has 1 N–H and O–H groups in total. The SMILES string of the molecule is COc1ccc(OC)c(C(=O)OCC(C)CC2=C(O)c3ccccc3C(=O)C2=O)c1. The molecule has 0 saturated heterocycles. The third-order valence-corrected chi connectivity index (χ3v) is 4.87. The summed E-state index contributed by atoms with van der Waals surface area (Å²) < 4.78 is 15.7. The normalized spacial score (nSPS) is 14.2. The number of hydrogen-bond acceptors (Lipinski definition) is 7. The average molecular weight is 410 g/mol. The Labute approximate surface area is 173 Å². The van der Waals surface area contributed by atoms with Crippen molar-refractivity contribution >= 4 is 23.3 Å². The Hall–Kier alpha value is -3.61. The summed E-state index contributed by atoms with van der Waals surface area (Å²) >= 11 is 0. The van der Waals surface area contributed by atoms with Crippen LogP contribution in [0.3, 0.4) is 0 Å². The molecule has 1 aliphatic carbocycles. The van der Waals surface area contributed by atoms with Crippen molar-refractivity contribution in [3.05, 3.63) is 64.7 Å². The number of carbonyl (C=O) groups is 3. The van der Waals surface area contributed by atoms with E-state index in [1.165, 1.54) is 26.4 Å². The zero-order valence-electron chi connectivity index (χ0n) is 16.9. The predicted octanol–water partition coefficient (Wildman–Crippen LogP) is 3.62. The van der Waals surface area contributed by atoms with Crippen LogP contribution in [0.15, 0.2) is 48.0 Å². The molecule has 2 aromatic rings. The van der Waals surface area contributed by atoms with Gasteiger partial charge in [0.1, 0.15) is 22.8 Å². The minimum absolute atomic E-state index is 0.0148. The fourth-order valence-electron chi connectivity index (χ4n) is 3.28. The number of carbonyl (C=O) groups excluding carboxylic acids is 3. The summed E-state index contributed by atoms with van der Waals surface area (Å²) in [5.74, 6) is -1.68. The molecule has 3 rings (SSSR count). The Balaban J connectivity index is 1.72. The molecule has 0 fully saturated rings. The molecule has 0 saturated carbocycles. The molecule has 0 heterocycles. The first-order valence-corrected chi connectivity index (χ1v) is 9.37. The molecular weight excluding hydrogens is 388 g/mol. The van der Waals surface area contributed by atoms with Crippen LogP contribution < -0.4 is 9.47 Å². The van der Waals surface area contributed by atoms with E-state index >= 15 is 0 Å². The maximum atomic E-state index is 12.5. The molecule has 0 radical (unpaired) electrons. The number of aliphatic hydroxyl groups is 1. The summed E-state index contributed by atoms with van der Waals surface area (Å²) in [5, 5.41) is 10.5. The summed E-state index contributed by atoms with van der Waals surface area (Å²) in [5.41, 5.74) is 0.764. The van der Waals surface area contributed by atoms with Crippen LogP contribution in [0.4, 0.5) is 0 Å². The van der Waals surface area contributed by atoms with Gasteiger partial charge in [0.25, 0.3) is 0 Å². The van der Waals surface area contributed by atoms with E-state index in [4.69, 9.17) is 14.2 Å². The molecule has 0 amide bonds. The lowest BCUT2D eigenvalue weighted by Gasteiger charge is -2.20. The summed E-state index contributed by atoms with van der Waals surface area (Å²) in [7, 11) is 2.93. The summed E-state index contributed by atoms with van der Waals surface area (Å²) in [6, 6.07) is 11.2. The van der Waals surface area contributed by atoms with Crippen molar-refractivity contribution in [1.29, 1.82) is 0 Å². The molecule has 1 unspecified atom stereocenters. The van der Waals surface area contributed by atoms with E-state index in [1.54, 1.807) is 37.3 Å². The topological polar surface area (TPSA) is 99.1 Å². The van der Waals surface area contributed by atoms with Crippen molar-refractivity contribution in [2.24, 2.45) is 5.92 Å². The zero-order chi connectivity index (χ0) is 21.8. The van der Waals surface area contributed by atoms with E-state index in [2.05, 4.69) is 0 Å². The quantitative estimate of drug-likeness (QED) is 0.550. The Bertz CT molecular complexity index is 1040. The largest absolute Gasteiger partial charge is 0.507 e. The van der Waals surface area contributed by atoms with Gasteiger partial charge in [0, 0.05) is 16.7 Å². The third kappa shape index (κ3) is 4.05. The number of methoxy groups -OCH3 is 2. The van der Waals surface area contributed by atoms with E-state index in [9.17, 15) is 19.5 Å². The average Bonchev–Trinajstić information content (AvgIpc) is 2.78. The highest BCUT2D eigenvalue weighted by molar-refractivity contribution is 6.52. The number of ether oxygens (including phenoxy) is 3. The molecule has 2 aromatic carbocycles. The van der Waals surface area contributed by atoms with Crippen LogP contribution in [0.25, 0.3) is 5.76 Å². The molecule has 7 heteroatoms. The van der Waals surface area contributed by atoms with Gasteiger partial charge in [-0.05, 0) is 30.5 Å². The zero-order valence-corrected chi connectivity index (χ0v) is 16.9. The van der Waals surface area contributed by atoms with Crippen molar-refractivity contribution < 1.29 is 33.7 Å². The molecule has 1 atom stereocenters. The number of ketones is 2. The second kappa shape index (κ2) is 8.82. The van der Waals surface area contributed by atoms with Crippen LogP contribution in [0.1, 0.15) is 39.6 Å². The van der Waals surface area contributed by atoms with Crippen LogP contribution in [0.2, 0.25) is 0 Å². The monoisotopic (exact) mass is 410 g/mol. The minimum atomic E-state index is -0.737. The number of fused-ring (bicyclic) bond motifs is 1. The lowest BCUT2D eigenvalue weighted by molar-refractivity contribution is -0.112. The second-order valence-corrected chi connectivity index (χ2v) is 7.00. The van der Waals surface area contributed by atoms with Crippen LogP contribution in [-0.2, 0) is 9.53 Å². The standard InChI is InChI=1S/C23H22O7/c1-13(12-30-23(27)17-11-14(28-2)8-9-19(17)29-3)10-18-20(24)15-6-4-5-7-16(15)21(25)22(18)26/h4-9,11,13,24H,10,12H2,1-3H3. The van der Waals surface area contributed by atoms with E-state index < -0.39 is 17.5 Å². The molecule has 0 aromatic heterocycles. The Kier molecular flexibility index (Phi) is 6.20. The first-order valence-electron chi connectivity index (χ1n) is 9.37. The molecular formula is C23H22O7. The van der Waals surface area contributed by atoms with E-state index in [-0.39, 0.29) is 41.4 Å². The highest BCUT2D eigenvalue weighted by Gasteiger charge is 2.33. The molecule has 0 spiro atoms. The lowest BCUT2D eigenvalue weighted by atomic mass is 9.85. The van der Waals surface area contributed by atoms with Crippen molar-refractivity contribution in [2.45, 2.75) is 13.3 Å². The van der Waals surface area contributed by atoms with Gasteiger partial charge in [0.15, 0.2) is 0 Å². The Morgan fingerprint density at radius 2 is 1.70 bits per heavy atom. The first kappa shape index (κ1) is 21.1. The smallest absolute Gasteiger partial charge is 0.342 e. The van der Waals surface area contributed by atoms with Gasteiger partial charge in [0.05, 0.1) is 20.8 Å². The first-order chi connectivity index (χ1) is 14.4.